The lowest BCUT2D eigenvalue weighted by Crippen LogP contribution is -2.18. The second kappa shape index (κ2) is 7.22. The number of hydrogen-bond donors (Lipinski definition) is 0. The second-order valence-electron chi connectivity index (χ2n) is 4.11. The Hall–Kier alpha value is -1.16. The third-order valence-electron chi connectivity index (χ3n) is 2.49. The van der Waals surface area contributed by atoms with Crippen LogP contribution in [0.15, 0.2) is 24.3 Å². The molecule has 0 aliphatic carbocycles. The molecule has 0 saturated carbocycles. The minimum Gasteiger partial charge on any atom is -0.435 e. The minimum atomic E-state index is -2.76. The molecule has 0 aliphatic rings. The Balaban J connectivity index is 2.44. The first kappa shape index (κ1) is 13.9. The van der Waals surface area contributed by atoms with Crippen LogP contribution in [0.5, 0.6) is 5.75 Å². The van der Waals surface area contributed by atoms with Gasteiger partial charge in [0, 0.05) is 6.54 Å². The summed E-state index contributed by atoms with van der Waals surface area (Å²) in [7, 11) is 2.05. The Morgan fingerprint density at radius 1 is 1.24 bits per heavy atom. The summed E-state index contributed by atoms with van der Waals surface area (Å²) in [6.45, 7) is 1.28. The molecule has 0 N–H and O–H groups in total. The van der Waals surface area contributed by atoms with Gasteiger partial charge in [-0.3, -0.25) is 0 Å². The standard InChI is InChI=1S/C13H19F2NO/c1-3-4-9-16(2)10-11-5-7-12(8-6-11)17-13(14)15/h5-8,13H,3-4,9-10H2,1-2H3. The van der Waals surface area contributed by atoms with Crippen LogP contribution in [-0.4, -0.2) is 25.1 Å². The first-order valence-electron chi connectivity index (χ1n) is 5.84. The van der Waals surface area contributed by atoms with E-state index >= 15 is 0 Å². The van der Waals surface area contributed by atoms with Crippen LogP contribution in [0, 0.1) is 0 Å². The second-order valence-corrected chi connectivity index (χ2v) is 4.11. The molecule has 0 spiro atoms. The smallest absolute Gasteiger partial charge is 0.387 e. The van der Waals surface area contributed by atoms with Crippen LogP contribution in [0.4, 0.5) is 8.78 Å². The summed E-state index contributed by atoms with van der Waals surface area (Å²) >= 11 is 0. The Morgan fingerprint density at radius 3 is 2.41 bits per heavy atom. The molecule has 1 aromatic rings. The van der Waals surface area contributed by atoms with Crippen LogP contribution >= 0.6 is 0 Å². The van der Waals surface area contributed by atoms with Crippen molar-refractivity contribution in [3.05, 3.63) is 29.8 Å². The molecule has 0 fully saturated rings. The van der Waals surface area contributed by atoms with E-state index < -0.39 is 6.61 Å². The van der Waals surface area contributed by atoms with Crippen molar-refractivity contribution in [1.82, 2.24) is 4.90 Å². The largest absolute Gasteiger partial charge is 0.435 e. The average molecular weight is 243 g/mol. The van der Waals surface area contributed by atoms with E-state index in [0.717, 1.165) is 18.7 Å². The number of ether oxygens (including phenoxy) is 1. The van der Waals surface area contributed by atoms with E-state index in [4.69, 9.17) is 0 Å². The van der Waals surface area contributed by atoms with Crippen molar-refractivity contribution in [3.63, 3.8) is 0 Å². The summed E-state index contributed by atoms with van der Waals surface area (Å²) in [5.41, 5.74) is 1.10. The Labute approximate surface area is 101 Å². The van der Waals surface area contributed by atoms with Crippen LogP contribution in [0.1, 0.15) is 25.3 Å². The summed E-state index contributed by atoms with van der Waals surface area (Å²) in [6, 6.07) is 6.80. The first-order valence-corrected chi connectivity index (χ1v) is 5.84. The molecular weight excluding hydrogens is 224 g/mol. The van der Waals surface area contributed by atoms with E-state index in [-0.39, 0.29) is 5.75 Å². The lowest BCUT2D eigenvalue weighted by atomic mass is 10.2. The highest BCUT2D eigenvalue weighted by atomic mass is 19.3. The van der Waals surface area contributed by atoms with Gasteiger partial charge in [0.1, 0.15) is 5.75 Å². The predicted octanol–water partition coefficient (Wildman–Crippen LogP) is 3.52. The molecule has 0 heterocycles. The summed E-state index contributed by atoms with van der Waals surface area (Å²) in [5.74, 6) is 0.208. The monoisotopic (exact) mass is 243 g/mol. The van der Waals surface area contributed by atoms with Gasteiger partial charge in [-0.25, -0.2) is 0 Å². The van der Waals surface area contributed by atoms with Gasteiger partial charge in [0.05, 0.1) is 0 Å². The molecule has 17 heavy (non-hydrogen) atoms. The summed E-state index contributed by atoms with van der Waals surface area (Å²) in [5, 5.41) is 0. The van der Waals surface area contributed by atoms with E-state index in [0.29, 0.717) is 0 Å². The molecule has 0 saturated heterocycles. The normalized spacial score (nSPS) is 11.2. The van der Waals surface area contributed by atoms with Gasteiger partial charge in [-0.2, -0.15) is 8.78 Å². The molecule has 0 aliphatic heterocycles. The van der Waals surface area contributed by atoms with E-state index in [1.54, 1.807) is 12.1 Å². The van der Waals surface area contributed by atoms with E-state index in [2.05, 4.69) is 23.6 Å². The van der Waals surface area contributed by atoms with Crippen molar-refractivity contribution in [2.24, 2.45) is 0 Å². The molecule has 1 aromatic carbocycles. The van der Waals surface area contributed by atoms with E-state index in [9.17, 15) is 8.78 Å². The van der Waals surface area contributed by atoms with Gasteiger partial charge in [-0.1, -0.05) is 25.5 Å². The third-order valence-corrected chi connectivity index (χ3v) is 2.49. The summed E-state index contributed by atoms with van der Waals surface area (Å²) in [6.07, 6.45) is 2.34. The quantitative estimate of drug-likeness (QED) is 0.726. The van der Waals surface area contributed by atoms with Gasteiger partial charge in [0.25, 0.3) is 0 Å². The Morgan fingerprint density at radius 2 is 1.88 bits per heavy atom. The fourth-order valence-corrected chi connectivity index (χ4v) is 1.60. The molecule has 1 rings (SSSR count). The predicted molar refractivity (Wildman–Crippen MR) is 64.3 cm³/mol. The molecule has 0 amide bonds. The van der Waals surface area contributed by atoms with Crippen molar-refractivity contribution < 1.29 is 13.5 Å². The highest BCUT2D eigenvalue weighted by molar-refractivity contribution is 5.27. The third kappa shape index (κ3) is 5.63. The molecule has 0 radical (unpaired) electrons. The number of benzene rings is 1. The number of alkyl halides is 2. The summed E-state index contributed by atoms with van der Waals surface area (Å²) < 4.78 is 28.2. The fourth-order valence-electron chi connectivity index (χ4n) is 1.60. The number of hydrogen-bond acceptors (Lipinski definition) is 2. The van der Waals surface area contributed by atoms with Gasteiger partial charge in [-0.05, 0) is 37.7 Å². The van der Waals surface area contributed by atoms with Crippen molar-refractivity contribution >= 4 is 0 Å². The number of unbranched alkanes of at least 4 members (excludes halogenated alkanes) is 1. The lowest BCUT2D eigenvalue weighted by Gasteiger charge is -2.16. The van der Waals surface area contributed by atoms with Crippen molar-refractivity contribution in [2.75, 3.05) is 13.6 Å². The van der Waals surface area contributed by atoms with Gasteiger partial charge in [-0.15, -0.1) is 0 Å². The van der Waals surface area contributed by atoms with Gasteiger partial charge >= 0.3 is 6.61 Å². The van der Waals surface area contributed by atoms with Gasteiger partial charge in [0.2, 0.25) is 0 Å². The zero-order chi connectivity index (χ0) is 12.7. The fraction of sp³-hybridized carbons (Fsp3) is 0.538. The van der Waals surface area contributed by atoms with Crippen molar-refractivity contribution in [1.29, 1.82) is 0 Å². The molecular formula is C13H19F2NO. The average Bonchev–Trinajstić information content (AvgIpc) is 2.28. The number of rotatable bonds is 7. The van der Waals surface area contributed by atoms with Crippen LogP contribution < -0.4 is 4.74 Å². The van der Waals surface area contributed by atoms with Crippen molar-refractivity contribution in [2.45, 2.75) is 32.9 Å². The maximum Gasteiger partial charge on any atom is 0.387 e. The first-order chi connectivity index (χ1) is 8.11. The molecule has 96 valence electrons. The highest BCUT2D eigenvalue weighted by Crippen LogP contribution is 2.15. The molecule has 4 heteroatoms. The van der Waals surface area contributed by atoms with Crippen LogP contribution in [0.3, 0.4) is 0 Å². The molecule has 0 atom stereocenters. The zero-order valence-corrected chi connectivity index (χ0v) is 10.3. The van der Waals surface area contributed by atoms with Crippen LogP contribution in [0.2, 0.25) is 0 Å². The van der Waals surface area contributed by atoms with Crippen molar-refractivity contribution in [3.8, 4) is 5.75 Å². The van der Waals surface area contributed by atoms with Gasteiger partial charge in [0.15, 0.2) is 0 Å². The van der Waals surface area contributed by atoms with Gasteiger partial charge < -0.3 is 9.64 Å². The van der Waals surface area contributed by atoms with Crippen LogP contribution in [0.25, 0.3) is 0 Å². The molecule has 0 bridgehead atoms. The number of halogens is 2. The topological polar surface area (TPSA) is 12.5 Å². The Bertz CT molecular complexity index is 314. The maximum absolute atomic E-state index is 11.9. The Kier molecular flexibility index (Phi) is 5.91. The molecule has 0 unspecified atom stereocenters. The van der Waals surface area contributed by atoms with Crippen LogP contribution in [-0.2, 0) is 6.54 Å². The summed E-state index contributed by atoms with van der Waals surface area (Å²) in [4.78, 5) is 2.21. The SMILES string of the molecule is CCCCN(C)Cc1ccc(OC(F)F)cc1. The lowest BCUT2D eigenvalue weighted by molar-refractivity contribution is -0.0498. The highest BCUT2D eigenvalue weighted by Gasteiger charge is 2.04. The molecule has 0 aromatic heterocycles. The zero-order valence-electron chi connectivity index (χ0n) is 10.3. The van der Waals surface area contributed by atoms with E-state index in [1.807, 2.05) is 12.1 Å². The van der Waals surface area contributed by atoms with E-state index in [1.165, 1.54) is 12.8 Å². The maximum atomic E-state index is 11.9. The minimum absolute atomic E-state index is 0.208. The molecule has 2 nitrogen and oxygen atoms in total. The number of nitrogens with zero attached hydrogens (tertiary/aromatic N) is 1.